The molecule has 1 amide bonds. The molecule has 2 rings (SSSR count). The van der Waals surface area contributed by atoms with E-state index >= 15 is 0 Å². The molecule has 0 radical (unpaired) electrons. The van der Waals surface area contributed by atoms with Gasteiger partial charge in [-0.2, -0.15) is 0 Å². The lowest BCUT2D eigenvalue weighted by Gasteiger charge is -2.18. The average Bonchev–Trinajstić information content (AvgIpc) is 3.07. The van der Waals surface area contributed by atoms with Crippen molar-refractivity contribution in [2.45, 2.75) is 25.3 Å². The van der Waals surface area contributed by atoms with Crippen molar-refractivity contribution in [1.29, 1.82) is 0 Å². The highest BCUT2D eigenvalue weighted by atomic mass is 16.6. The van der Waals surface area contributed by atoms with E-state index < -0.39 is 57.5 Å². The molecule has 1 heterocycles. The monoisotopic (exact) mass is 412 g/mol. The number of carbonyl (C=O) groups excluding carboxylic acids is 1. The number of anilines is 1. The number of benzene rings is 1. The van der Waals surface area contributed by atoms with E-state index in [0.29, 0.717) is 6.07 Å². The first-order chi connectivity index (χ1) is 13.5. The number of hydrogen-bond acceptors (Lipinski definition) is 9. The molecule has 0 saturated carbocycles. The van der Waals surface area contributed by atoms with E-state index in [4.69, 9.17) is 20.7 Å². The summed E-state index contributed by atoms with van der Waals surface area (Å²) < 4.78 is 5.00. The predicted octanol–water partition coefficient (Wildman–Crippen LogP) is 0.0476. The fourth-order valence-corrected chi connectivity index (χ4v) is 2.91. The lowest BCUT2D eigenvalue weighted by Crippen LogP contribution is -2.34. The van der Waals surface area contributed by atoms with Gasteiger partial charge in [-0.1, -0.05) is 0 Å². The molecule has 0 bridgehead atoms. The molecule has 1 aliphatic heterocycles. The molecule has 1 aromatic rings. The number of carboxylic acids is 2. The van der Waals surface area contributed by atoms with Crippen LogP contribution in [-0.2, 0) is 20.8 Å². The minimum absolute atomic E-state index is 0.0389. The summed E-state index contributed by atoms with van der Waals surface area (Å²) in [6.07, 6.45) is -0.598. The van der Waals surface area contributed by atoms with Crippen molar-refractivity contribution in [1.82, 2.24) is 0 Å². The Morgan fingerprint density at radius 3 is 2.34 bits per heavy atom. The number of fused-ring (bicyclic) bond motifs is 1. The van der Waals surface area contributed by atoms with Gasteiger partial charge in [-0.05, 0) is 12.8 Å². The third-order valence-corrected chi connectivity index (χ3v) is 4.18. The van der Waals surface area contributed by atoms with E-state index in [1.165, 1.54) is 0 Å². The van der Waals surface area contributed by atoms with Crippen molar-refractivity contribution in [3.63, 3.8) is 0 Å². The molecule has 0 unspecified atom stereocenters. The Kier molecular flexibility index (Phi) is 6.28. The van der Waals surface area contributed by atoms with Gasteiger partial charge >= 0.3 is 17.6 Å². The van der Waals surface area contributed by atoms with Gasteiger partial charge < -0.3 is 25.6 Å². The van der Waals surface area contributed by atoms with Crippen LogP contribution in [0.2, 0.25) is 0 Å². The van der Waals surface area contributed by atoms with Crippen molar-refractivity contribution in [3.05, 3.63) is 31.9 Å². The number of nitrogens with two attached hydrogens (primary N) is 1. The number of nitro benzene ring substituents is 2. The van der Waals surface area contributed by atoms with Gasteiger partial charge in [0.15, 0.2) is 6.61 Å². The van der Waals surface area contributed by atoms with E-state index in [-0.39, 0.29) is 37.1 Å². The Labute approximate surface area is 161 Å². The number of hydrogen-bond donors (Lipinski definition) is 3. The zero-order valence-electron chi connectivity index (χ0n) is 14.8. The highest BCUT2D eigenvalue weighted by Gasteiger charge is 2.39. The van der Waals surface area contributed by atoms with Crippen LogP contribution in [0.3, 0.4) is 0 Å². The maximum atomic E-state index is 12.5. The van der Waals surface area contributed by atoms with Gasteiger partial charge in [0, 0.05) is 18.5 Å². The second kappa shape index (κ2) is 8.47. The topological polar surface area (TPSA) is 216 Å². The van der Waals surface area contributed by atoms with E-state index in [1.54, 1.807) is 0 Å². The van der Waals surface area contributed by atoms with Crippen molar-refractivity contribution >= 4 is 34.9 Å². The second-order valence-corrected chi connectivity index (χ2v) is 6.05. The number of aliphatic carboxylic acids is 2. The molecule has 0 saturated heterocycles. The van der Waals surface area contributed by atoms with Gasteiger partial charge in [0.05, 0.1) is 9.85 Å². The van der Waals surface area contributed by atoms with Crippen molar-refractivity contribution in [2.75, 3.05) is 18.1 Å². The van der Waals surface area contributed by atoms with Crippen LogP contribution in [-0.4, -0.2) is 57.1 Å². The molecule has 0 aliphatic carbocycles. The molecule has 1 aliphatic rings. The van der Waals surface area contributed by atoms with Gasteiger partial charge in [-0.3, -0.25) is 29.8 Å². The minimum Gasteiger partial charge on any atom is -0.480 e. The summed E-state index contributed by atoms with van der Waals surface area (Å²) in [5.41, 5.74) is 3.56. The molecule has 156 valence electrons. The summed E-state index contributed by atoms with van der Waals surface area (Å²) in [6, 6.07) is -0.702. The van der Waals surface area contributed by atoms with Crippen LogP contribution in [0.25, 0.3) is 0 Å². The molecule has 0 spiro atoms. The first-order valence-electron chi connectivity index (χ1n) is 8.16. The molecule has 14 heteroatoms. The quantitative estimate of drug-likeness (QED) is 0.363. The molecule has 14 nitrogen and oxygen atoms in total. The van der Waals surface area contributed by atoms with Crippen LogP contribution in [0.4, 0.5) is 17.1 Å². The standard InChI is InChI=1S/C15H16N4O10/c16-8(15(23)24)1-2-11(20)17-4-3-7-13(17)9(18(25)26)5-10(19(27)28)14(7)29-6-12(21)22/h5,8H,1-4,6,16H2,(H,21,22)(H,23,24)/t8-/m0/s1. The van der Waals surface area contributed by atoms with Crippen LogP contribution in [0, 0.1) is 20.2 Å². The number of rotatable bonds is 9. The molecule has 0 fully saturated rings. The molecule has 29 heavy (non-hydrogen) atoms. The number of nitro groups is 2. The van der Waals surface area contributed by atoms with E-state index in [9.17, 15) is 34.6 Å². The zero-order chi connectivity index (χ0) is 21.9. The largest absolute Gasteiger partial charge is 0.480 e. The number of carbonyl (C=O) groups is 3. The second-order valence-electron chi connectivity index (χ2n) is 6.05. The summed E-state index contributed by atoms with van der Waals surface area (Å²) in [7, 11) is 0. The summed E-state index contributed by atoms with van der Waals surface area (Å²) in [4.78, 5) is 56.0. The smallest absolute Gasteiger partial charge is 0.341 e. The fourth-order valence-electron chi connectivity index (χ4n) is 2.91. The van der Waals surface area contributed by atoms with Crippen molar-refractivity contribution in [2.24, 2.45) is 5.73 Å². The van der Waals surface area contributed by atoms with Gasteiger partial charge in [-0.25, -0.2) is 4.79 Å². The van der Waals surface area contributed by atoms with Crippen LogP contribution < -0.4 is 15.4 Å². The number of nitrogens with zero attached hydrogens (tertiary/aromatic N) is 3. The summed E-state index contributed by atoms with van der Waals surface area (Å²) >= 11 is 0. The van der Waals surface area contributed by atoms with Gasteiger partial charge in [-0.15, -0.1) is 0 Å². The minimum atomic E-state index is -1.42. The highest BCUT2D eigenvalue weighted by molar-refractivity contribution is 5.99. The maximum absolute atomic E-state index is 12.5. The van der Waals surface area contributed by atoms with E-state index in [0.717, 1.165) is 4.90 Å². The fraction of sp³-hybridized carbons (Fsp3) is 0.400. The lowest BCUT2D eigenvalue weighted by molar-refractivity contribution is -0.394. The van der Waals surface area contributed by atoms with Crippen LogP contribution in [0.5, 0.6) is 5.75 Å². The van der Waals surface area contributed by atoms with Gasteiger partial charge in [0.25, 0.3) is 5.69 Å². The Morgan fingerprint density at radius 1 is 1.21 bits per heavy atom. The van der Waals surface area contributed by atoms with Crippen LogP contribution in [0.1, 0.15) is 18.4 Å². The number of carboxylic acid groups (broad SMARTS) is 2. The third kappa shape index (κ3) is 4.55. The van der Waals surface area contributed by atoms with Crippen molar-refractivity contribution in [3.8, 4) is 5.75 Å². The molecule has 1 atom stereocenters. The summed E-state index contributed by atoms with van der Waals surface area (Å²) in [5.74, 6) is -3.86. The zero-order valence-corrected chi connectivity index (χ0v) is 14.8. The number of ether oxygens (including phenoxy) is 1. The molecule has 1 aromatic carbocycles. The Bertz CT molecular complexity index is 900. The molecular formula is C15H16N4O10. The first kappa shape index (κ1) is 21.5. The highest BCUT2D eigenvalue weighted by Crippen LogP contribution is 2.47. The Morgan fingerprint density at radius 2 is 1.83 bits per heavy atom. The Balaban J connectivity index is 2.49. The van der Waals surface area contributed by atoms with Gasteiger partial charge in [0.2, 0.25) is 11.7 Å². The van der Waals surface area contributed by atoms with Crippen LogP contribution >= 0.6 is 0 Å². The molecule has 4 N–H and O–H groups in total. The summed E-state index contributed by atoms with van der Waals surface area (Å²) in [5, 5.41) is 40.3. The van der Waals surface area contributed by atoms with Gasteiger partial charge in [0.1, 0.15) is 17.8 Å². The average molecular weight is 412 g/mol. The van der Waals surface area contributed by atoms with E-state index in [2.05, 4.69) is 0 Å². The molecule has 0 aromatic heterocycles. The lowest BCUT2D eigenvalue weighted by atomic mass is 10.1. The van der Waals surface area contributed by atoms with E-state index in [1.807, 2.05) is 0 Å². The number of amides is 1. The first-order valence-corrected chi connectivity index (χ1v) is 8.16. The third-order valence-electron chi connectivity index (χ3n) is 4.18. The maximum Gasteiger partial charge on any atom is 0.341 e. The predicted molar refractivity (Wildman–Crippen MR) is 93.8 cm³/mol. The normalized spacial score (nSPS) is 13.5. The molecular weight excluding hydrogens is 396 g/mol. The Hall–Kier alpha value is -3.81. The SMILES string of the molecule is N[C@@H](CCC(=O)N1CCc2c(OCC(=O)O)c([N+](=O)[O-])cc([N+](=O)[O-])c21)C(=O)O. The van der Waals surface area contributed by atoms with Crippen LogP contribution in [0.15, 0.2) is 6.07 Å². The van der Waals surface area contributed by atoms with Crippen molar-refractivity contribution < 1.29 is 39.2 Å². The summed E-state index contributed by atoms with van der Waals surface area (Å²) in [6.45, 7) is -1.01.